The summed E-state index contributed by atoms with van der Waals surface area (Å²) in [6.07, 6.45) is 0. The molecule has 0 saturated heterocycles. The van der Waals surface area contributed by atoms with Crippen molar-refractivity contribution < 1.29 is 8.42 Å². The average molecular weight is 270 g/mol. The van der Waals surface area contributed by atoms with E-state index in [1.54, 1.807) is 26.0 Å². The molecule has 0 radical (unpaired) electrons. The number of anilines is 2. The van der Waals surface area contributed by atoms with Gasteiger partial charge in [0.1, 0.15) is 0 Å². The molecule has 0 aliphatic heterocycles. The van der Waals surface area contributed by atoms with Crippen LogP contribution in [0.4, 0.5) is 11.4 Å². The molecule has 0 amide bonds. The first-order chi connectivity index (χ1) is 8.40. The summed E-state index contributed by atoms with van der Waals surface area (Å²) in [5.41, 5.74) is 1.71. The summed E-state index contributed by atoms with van der Waals surface area (Å²) in [4.78, 5) is 2.21. The number of sulfonamides is 1. The lowest BCUT2D eigenvalue weighted by Gasteiger charge is -2.21. The van der Waals surface area contributed by atoms with Gasteiger partial charge in [-0.1, -0.05) is 0 Å². The molecule has 1 N–H and O–H groups in total. The molecule has 0 fully saturated rings. The Bertz CT molecular complexity index is 462. The second kappa shape index (κ2) is 6.09. The van der Waals surface area contributed by atoms with E-state index in [0.29, 0.717) is 5.69 Å². The van der Waals surface area contributed by atoms with Crippen LogP contribution in [-0.4, -0.2) is 26.8 Å². The zero-order chi connectivity index (χ0) is 13.8. The third-order valence-electron chi connectivity index (χ3n) is 2.88. The summed E-state index contributed by atoms with van der Waals surface area (Å²) < 4.78 is 26.0. The van der Waals surface area contributed by atoms with Gasteiger partial charge in [-0.05, 0) is 52.0 Å². The Morgan fingerprint density at radius 3 is 2.00 bits per heavy atom. The Kier molecular flexibility index (Phi) is 5.02. The summed E-state index contributed by atoms with van der Waals surface area (Å²) in [7, 11) is -3.26. The van der Waals surface area contributed by atoms with Crippen LogP contribution in [0.3, 0.4) is 0 Å². The number of hydrogen-bond acceptors (Lipinski definition) is 3. The van der Waals surface area contributed by atoms with Crippen molar-refractivity contribution >= 4 is 21.4 Å². The lowest BCUT2D eigenvalue weighted by Crippen LogP contribution is -2.23. The maximum absolute atomic E-state index is 11.7. The van der Waals surface area contributed by atoms with Gasteiger partial charge in [0, 0.05) is 24.5 Å². The van der Waals surface area contributed by atoms with Gasteiger partial charge in [-0.25, -0.2) is 8.42 Å². The van der Waals surface area contributed by atoms with Crippen molar-refractivity contribution in [2.45, 2.75) is 32.9 Å². The van der Waals surface area contributed by atoms with Crippen molar-refractivity contribution in [1.29, 1.82) is 0 Å². The third kappa shape index (κ3) is 3.63. The van der Waals surface area contributed by atoms with Crippen molar-refractivity contribution in [3.63, 3.8) is 0 Å². The van der Waals surface area contributed by atoms with Gasteiger partial charge in [0.15, 0.2) is 0 Å². The number of nitrogens with one attached hydrogen (secondary N) is 1. The van der Waals surface area contributed by atoms with Crippen LogP contribution < -0.4 is 9.62 Å². The SMILES string of the molecule is CCN(CC)c1ccc(NS(=O)(=O)C(C)C)cc1. The molecule has 0 bridgehead atoms. The molecule has 0 unspecified atom stereocenters. The number of benzene rings is 1. The van der Waals surface area contributed by atoms with Gasteiger partial charge in [-0.3, -0.25) is 4.72 Å². The topological polar surface area (TPSA) is 49.4 Å². The minimum Gasteiger partial charge on any atom is -0.372 e. The van der Waals surface area contributed by atoms with E-state index in [4.69, 9.17) is 0 Å². The molecule has 0 aromatic heterocycles. The summed E-state index contributed by atoms with van der Waals surface area (Å²) >= 11 is 0. The summed E-state index contributed by atoms with van der Waals surface area (Å²) in [6, 6.07) is 7.47. The predicted molar refractivity (Wildman–Crippen MR) is 77.7 cm³/mol. The van der Waals surface area contributed by atoms with E-state index in [1.807, 2.05) is 12.1 Å². The Morgan fingerprint density at radius 2 is 1.61 bits per heavy atom. The molecule has 0 heterocycles. The minimum atomic E-state index is -3.26. The molecule has 102 valence electrons. The van der Waals surface area contributed by atoms with Crippen LogP contribution in [0, 0.1) is 0 Å². The minimum absolute atomic E-state index is 0.431. The lowest BCUT2D eigenvalue weighted by atomic mass is 10.2. The molecule has 0 saturated carbocycles. The van der Waals surface area contributed by atoms with Crippen LogP contribution in [0.2, 0.25) is 0 Å². The van der Waals surface area contributed by atoms with Crippen molar-refractivity contribution in [3.05, 3.63) is 24.3 Å². The first kappa shape index (κ1) is 14.8. The van der Waals surface area contributed by atoms with Gasteiger partial charge < -0.3 is 4.90 Å². The predicted octanol–water partition coefficient (Wildman–Crippen LogP) is 2.68. The second-order valence-corrected chi connectivity index (χ2v) is 6.65. The lowest BCUT2D eigenvalue weighted by molar-refractivity contribution is 0.593. The molecule has 0 spiro atoms. The standard InChI is InChI=1S/C13H22N2O2S/c1-5-15(6-2)13-9-7-12(8-10-13)14-18(16,17)11(3)4/h7-11,14H,5-6H2,1-4H3. The Balaban J connectivity index is 2.84. The number of rotatable bonds is 6. The molecule has 1 rings (SSSR count). The Hall–Kier alpha value is -1.23. The fourth-order valence-electron chi connectivity index (χ4n) is 1.61. The maximum atomic E-state index is 11.7. The third-order valence-corrected chi connectivity index (χ3v) is 4.64. The molecule has 18 heavy (non-hydrogen) atoms. The van der Waals surface area contributed by atoms with Gasteiger partial charge in [-0.2, -0.15) is 0 Å². The molecular formula is C13H22N2O2S. The largest absolute Gasteiger partial charge is 0.372 e. The van der Waals surface area contributed by atoms with Crippen LogP contribution >= 0.6 is 0 Å². The highest BCUT2D eigenvalue weighted by molar-refractivity contribution is 7.93. The highest BCUT2D eigenvalue weighted by atomic mass is 32.2. The van der Waals surface area contributed by atoms with Crippen LogP contribution in [0.1, 0.15) is 27.7 Å². The fraction of sp³-hybridized carbons (Fsp3) is 0.538. The Morgan fingerprint density at radius 1 is 1.11 bits per heavy atom. The zero-order valence-corrected chi connectivity index (χ0v) is 12.3. The Labute approximate surface area is 110 Å². The first-order valence-corrected chi connectivity index (χ1v) is 7.82. The van der Waals surface area contributed by atoms with Crippen LogP contribution in [0.25, 0.3) is 0 Å². The molecule has 1 aromatic rings. The van der Waals surface area contributed by atoms with E-state index >= 15 is 0 Å². The molecule has 0 aliphatic carbocycles. The molecule has 0 aliphatic rings. The molecule has 5 heteroatoms. The highest BCUT2D eigenvalue weighted by Crippen LogP contribution is 2.19. The van der Waals surface area contributed by atoms with E-state index < -0.39 is 15.3 Å². The van der Waals surface area contributed by atoms with Gasteiger partial charge in [0.05, 0.1) is 5.25 Å². The average Bonchev–Trinajstić information content (AvgIpc) is 2.32. The summed E-state index contributed by atoms with van der Waals surface area (Å²) in [5, 5.41) is -0.431. The normalized spacial score (nSPS) is 11.6. The molecule has 1 aromatic carbocycles. The molecule has 4 nitrogen and oxygen atoms in total. The smallest absolute Gasteiger partial charge is 0.235 e. The molecular weight excluding hydrogens is 248 g/mol. The van der Waals surface area contributed by atoms with Gasteiger partial charge in [0.25, 0.3) is 0 Å². The number of nitrogens with zero attached hydrogens (tertiary/aromatic N) is 1. The van der Waals surface area contributed by atoms with Gasteiger partial charge in [-0.15, -0.1) is 0 Å². The van der Waals surface area contributed by atoms with Crippen molar-refractivity contribution in [3.8, 4) is 0 Å². The van der Waals surface area contributed by atoms with Crippen molar-refractivity contribution in [2.24, 2.45) is 0 Å². The van der Waals surface area contributed by atoms with Crippen molar-refractivity contribution in [2.75, 3.05) is 22.7 Å². The van der Waals surface area contributed by atoms with Crippen LogP contribution in [-0.2, 0) is 10.0 Å². The summed E-state index contributed by atoms with van der Waals surface area (Å²) in [5.74, 6) is 0. The zero-order valence-electron chi connectivity index (χ0n) is 11.5. The first-order valence-electron chi connectivity index (χ1n) is 6.27. The monoisotopic (exact) mass is 270 g/mol. The maximum Gasteiger partial charge on any atom is 0.235 e. The van der Waals surface area contributed by atoms with E-state index in [-0.39, 0.29) is 0 Å². The summed E-state index contributed by atoms with van der Waals surface area (Å²) in [6.45, 7) is 9.39. The quantitative estimate of drug-likeness (QED) is 0.864. The molecule has 0 atom stereocenters. The van der Waals surface area contributed by atoms with Crippen molar-refractivity contribution in [1.82, 2.24) is 0 Å². The van der Waals surface area contributed by atoms with E-state index in [9.17, 15) is 8.42 Å². The second-order valence-electron chi connectivity index (χ2n) is 4.41. The van der Waals surface area contributed by atoms with Crippen LogP contribution in [0.15, 0.2) is 24.3 Å². The van der Waals surface area contributed by atoms with Gasteiger partial charge in [0.2, 0.25) is 10.0 Å². The number of hydrogen-bond donors (Lipinski definition) is 1. The fourth-order valence-corrected chi connectivity index (χ4v) is 2.31. The highest BCUT2D eigenvalue weighted by Gasteiger charge is 2.15. The van der Waals surface area contributed by atoms with Crippen LogP contribution in [0.5, 0.6) is 0 Å². The van der Waals surface area contributed by atoms with E-state index in [2.05, 4.69) is 23.5 Å². The van der Waals surface area contributed by atoms with E-state index in [1.165, 1.54) is 0 Å². The van der Waals surface area contributed by atoms with E-state index in [0.717, 1.165) is 18.8 Å². The van der Waals surface area contributed by atoms with Gasteiger partial charge >= 0.3 is 0 Å².